The molecule has 0 unspecified atom stereocenters. The van der Waals surface area contributed by atoms with Gasteiger partial charge in [0.1, 0.15) is 10.7 Å². The average molecular weight is 387 g/mol. The molecule has 0 aromatic carbocycles. The van der Waals surface area contributed by atoms with Crippen molar-refractivity contribution in [3.05, 3.63) is 22.0 Å². The Bertz CT molecular complexity index is 832. The largest absolute Gasteiger partial charge is 0.349 e. The number of piperidine rings is 1. The number of rotatable bonds is 4. The van der Waals surface area contributed by atoms with Crippen LogP contribution in [0.1, 0.15) is 65.3 Å². The van der Waals surface area contributed by atoms with Gasteiger partial charge in [-0.05, 0) is 57.9 Å². The first-order chi connectivity index (χ1) is 13.0. The highest BCUT2D eigenvalue weighted by Crippen LogP contribution is 2.31. The second-order valence-electron chi connectivity index (χ2n) is 8.29. The van der Waals surface area contributed by atoms with Gasteiger partial charge >= 0.3 is 0 Å². The molecule has 6 heteroatoms. The minimum absolute atomic E-state index is 0.0572. The topological polar surface area (TPSA) is 58.1 Å². The number of likely N-dealkylation sites (tertiary alicyclic amines) is 1. The molecule has 1 N–H and O–H groups in total. The first-order valence-electron chi connectivity index (χ1n) is 10.3. The van der Waals surface area contributed by atoms with Gasteiger partial charge in [-0.3, -0.25) is 4.79 Å². The van der Waals surface area contributed by atoms with Gasteiger partial charge in [-0.2, -0.15) is 0 Å². The van der Waals surface area contributed by atoms with Gasteiger partial charge in [0.05, 0.1) is 4.88 Å². The van der Waals surface area contributed by atoms with E-state index in [0.717, 1.165) is 64.0 Å². The van der Waals surface area contributed by atoms with Crippen LogP contribution in [-0.2, 0) is 0 Å². The fourth-order valence-corrected chi connectivity index (χ4v) is 5.94. The van der Waals surface area contributed by atoms with Crippen LogP contribution < -0.4 is 5.32 Å². The van der Waals surface area contributed by atoms with Crippen molar-refractivity contribution in [1.29, 1.82) is 0 Å². The molecule has 0 spiro atoms. The number of amides is 1. The molecule has 1 aliphatic carbocycles. The number of nitrogens with one attached hydrogen (secondary N) is 1. The van der Waals surface area contributed by atoms with Gasteiger partial charge in [0, 0.05) is 36.8 Å². The van der Waals surface area contributed by atoms with E-state index in [1.807, 2.05) is 20.8 Å². The van der Waals surface area contributed by atoms with Crippen LogP contribution in [0.2, 0.25) is 0 Å². The second-order valence-corrected chi connectivity index (χ2v) is 9.29. The molecular weight excluding hydrogens is 356 g/mol. The molecule has 2 aromatic rings. The number of fused-ring (bicyclic) bond motifs is 1. The summed E-state index contributed by atoms with van der Waals surface area (Å²) in [5.41, 5.74) is 1.98. The molecule has 1 saturated heterocycles. The minimum atomic E-state index is 0.0572. The predicted molar refractivity (Wildman–Crippen MR) is 111 cm³/mol. The Hall–Kier alpha value is -1.53. The lowest BCUT2D eigenvalue weighted by atomic mass is 10.0. The number of hydrogen-bond donors (Lipinski definition) is 1. The van der Waals surface area contributed by atoms with Crippen molar-refractivity contribution in [1.82, 2.24) is 20.2 Å². The van der Waals surface area contributed by atoms with E-state index in [1.165, 1.54) is 43.6 Å². The van der Waals surface area contributed by atoms with E-state index in [-0.39, 0.29) is 11.9 Å². The minimum Gasteiger partial charge on any atom is -0.349 e. The zero-order chi connectivity index (χ0) is 19.0. The Balaban J connectivity index is 1.38. The number of thiophene rings is 1. The summed E-state index contributed by atoms with van der Waals surface area (Å²) >= 11 is 1.50. The van der Waals surface area contributed by atoms with Gasteiger partial charge in [0.15, 0.2) is 0 Å². The van der Waals surface area contributed by atoms with Crippen LogP contribution in [0.5, 0.6) is 0 Å². The number of aryl methyl sites for hydroxylation is 3. The maximum atomic E-state index is 12.9. The summed E-state index contributed by atoms with van der Waals surface area (Å²) < 4.78 is 0. The number of carbonyl (C=O) groups is 1. The second kappa shape index (κ2) is 7.84. The monoisotopic (exact) mass is 386 g/mol. The van der Waals surface area contributed by atoms with E-state index in [9.17, 15) is 4.79 Å². The van der Waals surface area contributed by atoms with Crippen molar-refractivity contribution in [2.24, 2.45) is 5.92 Å². The van der Waals surface area contributed by atoms with Crippen LogP contribution in [0.25, 0.3) is 10.2 Å². The van der Waals surface area contributed by atoms with Crippen LogP contribution >= 0.6 is 11.3 Å². The molecule has 4 rings (SSSR count). The molecule has 2 aromatic heterocycles. The Labute approximate surface area is 165 Å². The summed E-state index contributed by atoms with van der Waals surface area (Å²) in [7, 11) is 0. The number of hydrogen-bond acceptors (Lipinski definition) is 5. The summed E-state index contributed by atoms with van der Waals surface area (Å²) in [6.45, 7) is 9.39. The predicted octanol–water partition coefficient (Wildman–Crippen LogP) is 4.00. The molecule has 0 atom stereocenters. The van der Waals surface area contributed by atoms with Gasteiger partial charge in [-0.1, -0.05) is 12.8 Å². The highest BCUT2D eigenvalue weighted by molar-refractivity contribution is 7.20. The van der Waals surface area contributed by atoms with Gasteiger partial charge < -0.3 is 10.2 Å². The third-order valence-electron chi connectivity index (χ3n) is 6.20. The normalized spacial score (nSPS) is 19.8. The molecule has 2 fully saturated rings. The van der Waals surface area contributed by atoms with E-state index in [1.54, 1.807) is 0 Å². The maximum Gasteiger partial charge on any atom is 0.261 e. The molecule has 3 heterocycles. The third kappa shape index (κ3) is 4.02. The smallest absolute Gasteiger partial charge is 0.261 e. The average Bonchev–Trinajstić information content (AvgIpc) is 3.24. The fourth-order valence-electron chi connectivity index (χ4n) is 4.76. The molecule has 1 saturated carbocycles. The molecular formula is C21H30N4OS. The van der Waals surface area contributed by atoms with Crippen molar-refractivity contribution >= 4 is 27.5 Å². The number of aromatic nitrogens is 2. The molecule has 1 amide bonds. The van der Waals surface area contributed by atoms with E-state index in [0.29, 0.717) is 0 Å². The zero-order valence-electron chi connectivity index (χ0n) is 16.7. The van der Waals surface area contributed by atoms with Crippen LogP contribution in [0, 0.1) is 26.7 Å². The van der Waals surface area contributed by atoms with E-state index < -0.39 is 0 Å². The SMILES string of the molecule is Cc1nc(C)c2c(C)c(C(=O)NC3CCN(CC4CCCC4)CC3)sc2n1. The molecule has 0 bridgehead atoms. The lowest BCUT2D eigenvalue weighted by Gasteiger charge is -2.33. The highest BCUT2D eigenvalue weighted by atomic mass is 32.1. The number of nitrogens with zero attached hydrogens (tertiary/aromatic N) is 3. The highest BCUT2D eigenvalue weighted by Gasteiger charge is 2.26. The third-order valence-corrected chi connectivity index (χ3v) is 7.39. The summed E-state index contributed by atoms with van der Waals surface area (Å²) in [6, 6.07) is 0.288. The van der Waals surface area contributed by atoms with Crippen LogP contribution in [-0.4, -0.2) is 46.5 Å². The van der Waals surface area contributed by atoms with Gasteiger partial charge in [-0.25, -0.2) is 9.97 Å². The fraction of sp³-hybridized carbons (Fsp3) is 0.667. The van der Waals surface area contributed by atoms with Gasteiger partial charge in [0.2, 0.25) is 0 Å². The first kappa shape index (κ1) is 18.8. The first-order valence-corrected chi connectivity index (χ1v) is 11.1. The van der Waals surface area contributed by atoms with E-state index in [4.69, 9.17) is 0 Å². The van der Waals surface area contributed by atoms with Crippen molar-refractivity contribution in [2.75, 3.05) is 19.6 Å². The van der Waals surface area contributed by atoms with Crippen molar-refractivity contribution in [3.8, 4) is 0 Å². The molecule has 1 aliphatic heterocycles. The van der Waals surface area contributed by atoms with Crippen molar-refractivity contribution in [3.63, 3.8) is 0 Å². The maximum absolute atomic E-state index is 12.9. The van der Waals surface area contributed by atoms with E-state index in [2.05, 4.69) is 20.2 Å². The van der Waals surface area contributed by atoms with Crippen LogP contribution in [0.3, 0.4) is 0 Å². The summed E-state index contributed by atoms with van der Waals surface area (Å²) in [4.78, 5) is 26.2. The molecule has 146 valence electrons. The van der Waals surface area contributed by atoms with E-state index >= 15 is 0 Å². The van der Waals surface area contributed by atoms with Crippen LogP contribution in [0.4, 0.5) is 0 Å². The van der Waals surface area contributed by atoms with Crippen LogP contribution in [0.15, 0.2) is 0 Å². The lowest BCUT2D eigenvalue weighted by molar-refractivity contribution is 0.0909. The lowest BCUT2D eigenvalue weighted by Crippen LogP contribution is -2.45. The Morgan fingerprint density at radius 2 is 1.81 bits per heavy atom. The van der Waals surface area contributed by atoms with Crippen molar-refractivity contribution < 1.29 is 4.79 Å². The Kier molecular flexibility index (Phi) is 5.46. The summed E-state index contributed by atoms with van der Waals surface area (Å²) in [5, 5.41) is 4.33. The molecule has 0 radical (unpaired) electrons. The number of carbonyl (C=O) groups excluding carboxylic acids is 1. The Morgan fingerprint density at radius 1 is 1.11 bits per heavy atom. The van der Waals surface area contributed by atoms with Crippen molar-refractivity contribution in [2.45, 2.75) is 65.3 Å². The molecule has 5 nitrogen and oxygen atoms in total. The summed E-state index contributed by atoms with van der Waals surface area (Å²) in [5.74, 6) is 1.73. The standard InChI is InChI=1S/C21H30N4OS/c1-13-18-14(2)22-15(3)23-21(18)27-19(13)20(26)24-17-8-10-25(11-9-17)12-16-6-4-5-7-16/h16-17H,4-12H2,1-3H3,(H,24,26). The van der Waals surface area contributed by atoms with Gasteiger partial charge in [0.25, 0.3) is 5.91 Å². The zero-order valence-corrected chi connectivity index (χ0v) is 17.5. The Morgan fingerprint density at radius 3 is 2.52 bits per heavy atom. The quantitative estimate of drug-likeness (QED) is 0.863. The molecule has 2 aliphatic rings. The van der Waals surface area contributed by atoms with Gasteiger partial charge in [-0.15, -0.1) is 11.3 Å². The molecule has 27 heavy (non-hydrogen) atoms. The summed E-state index contributed by atoms with van der Waals surface area (Å²) in [6.07, 6.45) is 7.75.